The van der Waals surface area contributed by atoms with Gasteiger partial charge in [-0.25, -0.2) is 0 Å². The maximum atomic E-state index is 5.93. The maximum Gasteiger partial charge on any atom is 0.126 e. The summed E-state index contributed by atoms with van der Waals surface area (Å²) in [6.45, 7) is 2.12. The Morgan fingerprint density at radius 1 is 0.646 bits per heavy atom. The number of methoxy groups -OCH3 is 1. The summed E-state index contributed by atoms with van der Waals surface area (Å²) in [6.07, 6.45) is 16.7. The molecular weight excluding hydrogens is 585 g/mol. The number of benzene rings is 4. The molecule has 48 heavy (non-hydrogen) atoms. The molecule has 1 aliphatic carbocycles. The van der Waals surface area contributed by atoms with Gasteiger partial charge < -0.3 is 14.5 Å². The van der Waals surface area contributed by atoms with Gasteiger partial charge in [0.2, 0.25) is 0 Å². The molecule has 0 N–H and O–H groups in total. The Kier molecular flexibility index (Phi) is 11.7. The second kappa shape index (κ2) is 16.5. The third kappa shape index (κ3) is 8.54. The zero-order valence-electron chi connectivity index (χ0n) is 29.3. The van der Waals surface area contributed by atoms with E-state index in [1.165, 1.54) is 44.8 Å². The summed E-state index contributed by atoms with van der Waals surface area (Å²) in [5.41, 5.74) is 13.4. The summed E-state index contributed by atoms with van der Waals surface area (Å²) in [5, 5.41) is 0. The minimum absolute atomic E-state index is 0.834. The van der Waals surface area contributed by atoms with Crippen LogP contribution >= 0.6 is 0 Å². The molecule has 0 saturated heterocycles. The molecular formula is C45H48N2O. The molecule has 0 spiro atoms. The fourth-order valence-electron chi connectivity index (χ4n) is 6.11. The first-order valence-corrected chi connectivity index (χ1v) is 16.8. The third-order valence-electron chi connectivity index (χ3n) is 8.83. The van der Waals surface area contributed by atoms with Crippen molar-refractivity contribution in [3.63, 3.8) is 0 Å². The molecule has 0 amide bonds. The van der Waals surface area contributed by atoms with Gasteiger partial charge in [-0.05, 0) is 101 Å². The van der Waals surface area contributed by atoms with Crippen LogP contribution in [0.4, 0.5) is 11.4 Å². The van der Waals surface area contributed by atoms with Crippen molar-refractivity contribution in [3.8, 4) is 0 Å². The van der Waals surface area contributed by atoms with Crippen molar-refractivity contribution in [1.82, 2.24) is 0 Å². The van der Waals surface area contributed by atoms with E-state index in [2.05, 4.69) is 172 Å². The standard InChI is InChI=1S/C45H48N2O/c1-7-34(35-25-29-42(30-26-35)46(2)3)21-22-39-19-14-20-40(45(39)38-17-12-9-13-18-38)23-24-41(36-27-31-43(32-28-36)47(4)5)33-44(48-6)37-15-10-8-11-16-37/h7-13,15-18,21-33H,14,19-20H2,1-6H3/b22-21+,34-7-,40-23+,41-24+,44-33-. The van der Waals surface area contributed by atoms with Crippen LogP contribution in [0.5, 0.6) is 0 Å². The zero-order chi connectivity index (χ0) is 33.9. The van der Waals surface area contributed by atoms with Gasteiger partial charge in [-0.15, -0.1) is 0 Å². The van der Waals surface area contributed by atoms with Gasteiger partial charge in [0.25, 0.3) is 0 Å². The van der Waals surface area contributed by atoms with E-state index < -0.39 is 0 Å². The molecule has 0 aliphatic heterocycles. The van der Waals surface area contributed by atoms with E-state index in [9.17, 15) is 0 Å². The Hall–Kier alpha value is -5.28. The van der Waals surface area contributed by atoms with Crippen molar-refractivity contribution in [2.75, 3.05) is 45.1 Å². The highest BCUT2D eigenvalue weighted by molar-refractivity contribution is 5.88. The first kappa shape index (κ1) is 34.1. The van der Waals surface area contributed by atoms with Crippen LogP contribution in [0.15, 0.2) is 157 Å². The monoisotopic (exact) mass is 632 g/mol. The van der Waals surface area contributed by atoms with Crippen LogP contribution in [0.1, 0.15) is 48.4 Å². The summed E-state index contributed by atoms with van der Waals surface area (Å²) in [5.74, 6) is 0.834. The zero-order valence-corrected chi connectivity index (χ0v) is 29.3. The molecule has 0 radical (unpaired) electrons. The molecule has 5 rings (SSSR count). The highest BCUT2D eigenvalue weighted by Crippen LogP contribution is 2.38. The summed E-state index contributed by atoms with van der Waals surface area (Å²) >= 11 is 0. The van der Waals surface area contributed by atoms with Crippen LogP contribution in [0.3, 0.4) is 0 Å². The summed E-state index contributed by atoms with van der Waals surface area (Å²) in [7, 11) is 10.0. The lowest BCUT2D eigenvalue weighted by atomic mass is 9.82. The first-order chi connectivity index (χ1) is 23.4. The molecule has 4 aromatic rings. The number of allylic oxidation sites excluding steroid dienone is 11. The molecule has 0 bridgehead atoms. The van der Waals surface area contributed by atoms with Gasteiger partial charge in [-0.3, -0.25) is 0 Å². The molecule has 3 nitrogen and oxygen atoms in total. The van der Waals surface area contributed by atoms with Gasteiger partial charge in [-0.2, -0.15) is 0 Å². The van der Waals surface area contributed by atoms with E-state index in [-0.39, 0.29) is 0 Å². The van der Waals surface area contributed by atoms with Crippen LogP contribution in [0.25, 0.3) is 22.5 Å². The van der Waals surface area contributed by atoms with Crippen LogP contribution in [-0.2, 0) is 4.74 Å². The topological polar surface area (TPSA) is 15.7 Å². The predicted molar refractivity (Wildman–Crippen MR) is 209 cm³/mol. The second-order valence-corrected chi connectivity index (χ2v) is 12.5. The van der Waals surface area contributed by atoms with E-state index in [0.29, 0.717) is 0 Å². The minimum atomic E-state index is 0.834. The predicted octanol–water partition coefficient (Wildman–Crippen LogP) is 11.1. The highest BCUT2D eigenvalue weighted by Gasteiger charge is 2.18. The fourth-order valence-corrected chi connectivity index (χ4v) is 6.11. The van der Waals surface area contributed by atoms with E-state index in [1.54, 1.807) is 7.11 Å². The van der Waals surface area contributed by atoms with Crippen LogP contribution in [0.2, 0.25) is 0 Å². The Morgan fingerprint density at radius 2 is 1.21 bits per heavy atom. The summed E-state index contributed by atoms with van der Waals surface area (Å²) < 4.78 is 5.93. The molecule has 0 unspecified atom stereocenters. The molecule has 3 heteroatoms. The van der Waals surface area contributed by atoms with E-state index in [1.807, 2.05) is 18.2 Å². The van der Waals surface area contributed by atoms with Crippen molar-refractivity contribution in [3.05, 3.63) is 179 Å². The molecule has 0 aromatic heterocycles. The molecule has 1 aliphatic rings. The molecule has 0 atom stereocenters. The number of ether oxygens (including phenoxy) is 1. The number of rotatable bonds is 11. The van der Waals surface area contributed by atoms with Gasteiger partial charge in [-0.1, -0.05) is 115 Å². The highest BCUT2D eigenvalue weighted by atomic mass is 16.5. The Morgan fingerprint density at radius 3 is 1.75 bits per heavy atom. The van der Waals surface area contributed by atoms with Crippen molar-refractivity contribution in [2.24, 2.45) is 0 Å². The van der Waals surface area contributed by atoms with Crippen LogP contribution in [-0.4, -0.2) is 35.3 Å². The normalized spacial score (nSPS) is 15.3. The molecule has 0 fully saturated rings. The number of hydrogen-bond acceptors (Lipinski definition) is 3. The molecule has 0 saturated carbocycles. The molecule has 244 valence electrons. The average Bonchev–Trinajstić information content (AvgIpc) is 3.13. The molecule has 0 heterocycles. The Labute approximate surface area is 288 Å². The Bertz CT molecular complexity index is 1830. The lowest BCUT2D eigenvalue weighted by Crippen LogP contribution is -2.08. The van der Waals surface area contributed by atoms with Gasteiger partial charge in [0, 0.05) is 45.1 Å². The van der Waals surface area contributed by atoms with Crippen LogP contribution < -0.4 is 9.80 Å². The number of nitrogens with zero attached hydrogens (tertiary/aromatic N) is 2. The van der Waals surface area contributed by atoms with Crippen molar-refractivity contribution < 1.29 is 4.74 Å². The third-order valence-corrected chi connectivity index (χ3v) is 8.83. The van der Waals surface area contributed by atoms with Gasteiger partial charge in [0.15, 0.2) is 0 Å². The fraction of sp³-hybridized carbons (Fsp3) is 0.200. The van der Waals surface area contributed by atoms with Crippen molar-refractivity contribution in [2.45, 2.75) is 26.2 Å². The van der Waals surface area contributed by atoms with E-state index in [0.717, 1.165) is 41.7 Å². The maximum absolute atomic E-state index is 5.93. The number of anilines is 2. The molecule has 4 aromatic carbocycles. The Balaban J connectivity index is 1.60. The largest absolute Gasteiger partial charge is 0.496 e. The van der Waals surface area contributed by atoms with E-state index >= 15 is 0 Å². The lowest BCUT2D eigenvalue weighted by Gasteiger charge is -2.22. The average molecular weight is 633 g/mol. The number of hydrogen-bond donors (Lipinski definition) is 0. The lowest BCUT2D eigenvalue weighted by molar-refractivity contribution is 0.370. The van der Waals surface area contributed by atoms with Gasteiger partial charge in [0.1, 0.15) is 5.76 Å². The first-order valence-electron chi connectivity index (χ1n) is 16.8. The smallest absolute Gasteiger partial charge is 0.126 e. The van der Waals surface area contributed by atoms with Gasteiger partial charge in [0.05, 0.1) is 7.11 Å². The van der Waals surface area contributed by atoms with Crippen molar-refractivity contribution in [1.29, 1.82) is 0 Å². The van der Waals surface area contributed by atoms with E-state index in [4.69, 9.17) is 4.74 Å². The summed E-state index contributed by atoms with van der Waals surface area (Å²) in [4.78, 5) is 4.26. The second-order valence-electron chi connectivity index (χ2n) is 12.5. The SMILES string of the molecule is C/C=C(/C=C/C1=C(c2ccccc2)C(=C/C=C(\C=C(/OC)c2ccccc2)c2ccc(N(C)C)cc2)/CCC1)c1ccc(N(C)C)cc1. The van der Waals surface area contributed by atoms with Crippen molar-refractivity contribution >= 4 is 33.9 Å². The minimum Gasteiger partial charge on any atom is -0.496 e. The quantitative estimate of drug-likeness (QED) is 0.121. The van der Waals surface area contributed by atoms with Crippen LogP contribution in [0, 0.1) is 0 Å². The van der Waals surface area contributed by atoms with Gasteiger partial charge >= 0.3 is 0 Å². The summed E-state index contributed by atoms with van der Waals surface area (Å²) in [6, 6.07) is 38.7.